The predicted molar refractivity (Wildman–Crippen MR) is 71.8 cm³/mol. The van der Waals surface area contributed by atoms with Gasteiger partial charge in [-0.2, -0.15) is 0 Å². The van der Waals surface area contributed by atoms with Gasteiger partial charge in [-0.05, 0) is 40.5 Å². The number of hydrogen-bond acceptors (Lipinski definition) is 4. The fraction of sp³-hybridized carbons (Fsp3) is 1.00. The summed E-state index contributed by atoms with van der Waals surface area (Å²) in [4.78, 5) is 0. The third-order valence-electron chi connectivity index (χ3n) is 3.38. The summed E-state index contributed by atoms with van der Waals surface area (Å²) in [7, 11) is 0. The lowest BCUT2D eigenvalue weighted by atomic mass is 9.79. The van der Waals surface area contributed by atoms with Gasteiger partial charge in [0, 0.05) is 30.2 Å². The molecule has 102 valence electrons. The lowest BCUT2D eigenvalue weighted by Crippen LogP contribution is -2.63. The number of nitrogens with one attached hydrogen (secondary N) is 2. The van der Waals surface area contributed by atoms with Crippen molar-refractivity contribution in [2.75, 3.05) is 19.7 Å². The third kappa shape index (κ3) is 4.54. The zero-order chi connectivity index (χ0) is 13.1. The quantitative estimate of drug-likeness (QED) is 0.633. The van der Waals surface area contributed by atoms with E-state index in [1.165, 1.54) is 0 Å². The normalized spacial score (nSPS) is 24.2. The lowest BCUT2D eigenvalue weighted by Gasteiger charge is -2.49. The summed E-state index contributed by atoms with van der Waals surface area (Å²) in [5, 5.41) is 14.9. The predicted octanol–water partition coefficient (Wildman–Crippen LogP) is 1.11. The van der Waals surface area contributed by atoms with Crippen LogP contribution in [0.4, 0.5) is 0 Å². The summed E-state index contributed by atoms with van der Waals surface area (Å²) in [6, 6.07) is 0.526. The molecule has 0 aromatic carbocycles. The van der Waals surface area contributed by atoms with Gasteiger partial charge in [-0.3, -0.25) is 5.43 Å². The highest BCUT2D eigenvalue weighted by molar-refractivity contribution is 4.99. The van der Waals surface area contributed by atoms with E-state index in [4.69, 9.17) is 5.11 Å². The molecular formula is C13H29N3O. The van der Waals surface area contributed by atoms with Crippen LogP contribution >= 0.6 is 0 Å². The van der Waals surface area contributed by atoms with Crippen LogP contribution in [-0.2, 0) is 0 Å². The van der Waals surface area contributed by atoms with Crippen molar-refractivity contribution in [3.05, 3.63) is 0 Å². The summed E-state index contributed by atoms with van der Waals surface area (Å²) in [6.07, 6.45) is 2.26. The first kappa shape index (κ1) is 14.9. The molecule has 1 rings (SSSR count). The van der Waals surface area contributed by atoms with Gasteiger partial charge in [0.15, 0.2) is 0 Å². The zero-order valence-corrected chi connectivity index (χ0v) is 12.0. The fourth-order valence-electron chi connectivity index (χ4n) is 3.18. The summed E-state index contributed by atoms with van der Waals surface area (Å²) in [6.45, 7) is 13.0. The van der Waals surface area contributed by atoms with Crippen LogP contribution in [0.5, 0.6) is 0 Å². The van der Waals surface area contributed by atoms with Gasteiger partial charge in [0.1, 0.15) is 0 Å². The Balaban J connectivity index is 2.67. The van der Waals surface area contributed by atoms with Crippen molar-refractivity contribution < 1.29 is 5.11 Å². The van der Waals surface area contributed by atoms with Gasteiger partial charge >= 0.3 is 0 Å². The largest absolute Gasteiger partial charge is 0.395 e. The summed E-state index contributed by atoms with van der Waals surface area (Å²) in [5.74, 6) is 0. The number of rotatable bonds is 5. The van der Waals surface area contributed by atoms with Gasteiger partial charge in [0.2, 0.25) is 0 Å². The van der Waals surface area contributed by atoms with E-state index in [1.807, 2.05) is 0 Å². The smallest absolute Gasteiger partial charge is 0.0570 e. The van der Waals surface area contributed by atoms with Crippen LogP contribution in [0.1, 0.15) is 47.5 Å². The summed E-state index contributed by atoms with van der Waals surface area (Å²) >= 11 is 0. The van der Waals surface area contributed by atoms with Gasteiger partial charge in [-0.25, -0.2) is 5.01 Å². The summed E-state index contributed by atoms with van der Waals surface area (Å²) < 4.78 is 0. The Labute approximate surface area is 106 Å². The molecular weight excluding hydrogens is 214 g/mol. The second-order valence-electron chi connectivity index (χ2n) is 6.37. The molecule has 0 aliphatic carbocycles. The Morgan fingerprint density at radius 1 is 1.24 bits per heavy atom. The maximum absolute atomic E-state index is 8.91. The third-order valence-corrected chi connectivity index (χ3v) is 3.38. The molecule has 4 nitrogen and oxygen atoms in total. The Kier molecular flexibility index (Phi) is 4.95. The van der Waals surface area contributed by atoms with Gasteiger partial charge in [0.25, 0.3) is 0 Å². The van der Waals surface area contributed by atoms with E-state index in [2.05, 4.69) is 50.4 Å². The standard InChI is InChI=1S/C13H29N3O/c1-6-16(14-7-8-17)11-9-12(2,3)15-13(4,5)10-11/h11,14-15,17H,6-10H2,1-5H3. The van der Waals surface area contributed by atoms with Crippen molar-refractivity contribution in [1.29, 1.82) is 0 Å². The van der Waals surface area contributed by atoms with E-state index in [1.54, 1.807) is 0 Å². The van der Waals surface area contributed by atoms with Crippen LogP contribution in [0.2, 0.25) is 0 Å². The van der Waals surface area contributed by atoms with Gasteiger partial charge < -0.3 is 10.4 Å². The first-order chi connectivity index (χ1) is 7.79. The van der Waals surface area contributed by atoms with Crippen molar-refractivity contribution in [3.8, 4) is 0 Å². The van der Waals surface area contributed by atoms with Crippen LogP contribution < -0.4 is 10.7 Å². The van der Waals surface area contributed by atoms with Crippen LogP contribution in [0.3, 0.4) is 0 Å². The minimum Gasteiger partial charge on any atom is -0.395 e. The number of aliphatic hydroxyl groups excluding tert-OH is 1. The van der Waals surface area contributed by atoms with Crippen LogP contribution in [0, 0.1) is 0 Å². The molecule has 0 aromatic heterocycles. The van der Waals surface area contributed by atoms with Gasteiger partial charge in [-0.15, -0.1) is 0 Å². The molecule has 1 saturated heterocycles. The van der Waals surface area contributed by atoms with Crippen LogP contribution in [-0.4, -0.2) is 46.9 Å². The number of nitrogens with zero attached hydrogens (tertiary/aromatic N) is 1. The first-order valence-corrected chi connectivity index (χ1v) is 6.70. The Bertz CT molecular complexity index is 225. The number of aliphatic hydroxyl groups is 1. The van der Waals surface area contributed by atoms with Crippen molar-refractivity contribution in [1.82, 2.24) is 15.8 Å². The fourth-order valence-corrected chi connectivity index (χ4v) is 3.18. The van der Waals surface area contributed by atoms with Gasteiger partial charge in [0.05, 0.1) is 6.61 Å². The average Bonchev–Trinajstić information content (AvgIpc) is 2.14. The van der Waals surface area contributed by atoms with E-state index >= 15 is 0 Å². The van der Waals surface area contributed by atoms with E-state index < -0.39 is 0 Å². The molecule has 3 N–H and O–H groups in total. The molecule has 0 aromatic rings. The number of hydrogen-bond donors (Lipinski definition) is 3. The molecule has 1 fully saturated rings. The Morgan fingerprint density at radius 3 is 2.18 bits per heavy atom. The van der Waals surface area contributed by atoms with Crippen molar-refractivity contribution in [3.63, 3.8) is 0 Å². The molecule has 4 heteroatoms. The second kappa shape index (κ2) is 5.65. The van der Waals surface area contributed by atoms with Crippen molar-refractivity contribution in [2.24, 2.45) is 0 Å². The molecule has 0 atom stereocenters. The SMILES string of the molecule is CCN(NCCO)C1CC(C)(C)NC(C)(C)C1. The van der Waals surface area contributed by atoms with E-state index in [0.717, 1.165) is 19.4 Å². The Morgan fingerprint density at radius 2 is 1.76 bits per heavy atom. The monoisotopic (exact) mass is 243 g/mol. The molecule has 0 spiro atoms. The highest BCUT2D eigenvalue weighted by Crippen LogP contribution is 2.30. The lowest BCUT2D eigenvalue weighted by molar-refractivity contribution is 0.0328. The molecule has 0 bridgehead atoms. The minimum absolute atomic E-state index is 0.167. The van der Waals surface area contributed by atoms with E-state index in [-0.39, 0.29) is 17.7 Å². The minimum atomic E-state index is 0.167. The molecule has 0 unspecified atom stereocenters. The van der Waals surface area contributed by atoms with E-state index in [9.17, 15) is 0 Å². The maximum atomic E-state index is 8.91. The molecule has 1 heterocycles. The summed E-state index contributed by atoms with van der Waals surface area (Å²) in [5.41, 5.74) is 3.65. The maximum Gasteiger partial charge on any atom is 0.0570 e. The van der Waals surface area contributed by atoms with Crippen molar-refractivity contribution in [2.45, 2.75) is 64.6 Å². The molecule has 0 amide bonds. The van der Waals surface area contributed by atoms with Gasteiger partial charge in [-0.1, -0.05) is 6.92 Å². The number of hydrazine groups is 1. The topological polar surface area (TPSA) is 47.5 Å². The molecule has 0 radical (unpaired) electrons. The molecule has 17 heavy (non-hydrogen) atoms. The zero-order valence-electron chi connectivity index (χ0n) is 12.0. The highest BCUT2D eigenvalue weighted by atomic mass is 16.3. The molecule has 1 aliphatic heterocycles. The van der Waals surface area contributed by atoms with E-state index in [0.29, 0.717) is 12.6 Å². The molecule has 1 aliphatic rings. The van der Waals surface area contributed by atoms with Crippen molar-refractivity contribution >= 4 is 0 Å². The van der Waals surface area contributed by atoms with Crippen LogP contribution in [0.15, 0.2) is 0 Å². The first-order valence-electron chi connectivity index (χ1n) is 6.70. The van der Waals surface area contributed by atoms with Crippen LogP contribution in [0.25, 0.3) is 0 Å². The average molecular weight is 243 g/mol. The highest BCUT2D eigenvalue weighted by Gasteiger charge is 2.39. The second-order valence-corrected chi connectivity index (χ2v) is 6.37. The number of piperidine rings is 1. The Hall–Kier alpha value is -0.160. The molecule has 0 saturated carbocycles.